The fourth-order valence-electron chi connectivity index (χ4n) is 2.10. The zero-order chi connectivity index (χ0) is 16.8. The van der Waals surface area contributed by atoms with Crippen LogP contribution in [0.4, 0.5) is 5.69 Å². The van der Waals surface area contributed by atoms with E-state index in [9.17, 15) is 14.4 Å². The number of aryl methyl sites for hydroxylation is 1. The Balaban J connectivity index is 2.01. The van der Waals surface area contributed by atoms with Gasteiger partial charge in [-0.25, -0.2) is 0 Å². The summed E-state index contributed by atoms with van der Waals surface area (Å²) in [5.74, 6) is -0.458. The average Bonchev–Trinajstić information content (AvgIpc) is 2.52. The van der Waals surface area contributed by atoms with Gasteiger partial charge in [-0.1, -0.05) is 6.07 Å². The predicted octanol–water partition coefficient (Wildman–Crippen LogP) is 1.55. The Labute approximate surface area is 134 Å². The Morgan fingerprint density at radius 3 is 2.43 bits per heavy atom. The first-order chi connectivity index (χ1) is 11.0. The summed E-state index contributed by atoms with van der Waals surface area (Å²) in [6.45, 7) is 4.20. The first kappa shape index (κ1) is 16.5. The maximum absolute atomic E-state index is 12.0. The van der Waals surface area contributed by atoms with Gasteiger partial charge in [0, 0.05) is 30.1 Å². The van der Waals surface area contributed by atoms with Gasteiger partial charge < -0.3 is 15.2 Å². The molecule has 0 unspecified atom stereocenters. The van der Waals surface area contributed by atoms with E-state index in [1.807, 2.05) is 13.8 Å². The molecule has 0 spiro atoms. The first-order valence-corrected chi connectivity index (χ1v) is 7.35. The van der Waals surface area contributed by atoms with Crippen molar-refractivity contribution >= 4 is 17.5 Å². The van der Waals surface area contributed by atoms with E-state index in [0.717, 1.165) is 5.56 Å². The van der Waals surface area contributed by atoms with Crippen LogP contribution in [0.2, 0.25) is 0 Å². The van der Waals surface area contributed by atoms with Gasteiger partial charge in [-0.05, 0) is 43.7 Å². The van der Waals surface area contributed by atoms with Crippen molar-refractivity contribution in [3.05, 3.63) is 64.1 Å². The van der Waals surface area contributed by atoms with E-state index < -0.39 is 0 Å². The molecule has 6 nitrogen and oxygen atoms in total. The fourth-order valence-corrected chi connectivity index (χ4v) is 2.10. The van der Waals surface area contributed by atoms with Crippen LogP contribution in [-0.2, 0) is 11.3 Å². The SMILES string of the molecule is CCNC(=O)c1ccc(NC(=O)Cn2cc(C)ccc2=O)cc1. The number of aromatic nitrogens is 1. The van der Waals surface area contributed by atoms with Gasteiger partial charge in [0.2, 0.25) is 5.91 Å². The van der Waals surface area contributed by atoms with Crippen molar-refractivity contribution < 1.29 is 9.59 Å². The number of nitrogens with one attached hydrogen (secondary N) is 2. The maximum Gasteiger partial charge on any atom is 0.251 e. The molecule has 0 aliphatic rings. The summed E-state index contributed by atoms with van der Waals surface area (Å²) < 4.78 is 1.35. The largest absolute Gasteiger partial charge is 0.352 e. The summed E-state index contributed by atoms with van der Waals surface area (Å²) in [4.78, 5) is 35.3. The molecule has 0 aliphatic heterocycles. The third-order valence-electron chi connectivity index (χ3n) is 3.21. The second-order valence-corrected chi connectivity index (χ2v) is 5.16. The molecule has 2 N–H and O–H groups in total. The molecule has 6 heteroatoms. The number of nitrogens with zero attached hydrogens (tertiary/aromatic N) is 1. The van der Waals surface area contributed by atoms with Crippen LogP contribution in [0.5, 0.6) is 0 Å². The quantitative estimate of drug-likeness (QED) is 0.879. The number of pyridine rings is 1. The zero-order valence-electron chi connectivity index (χ0n) is 13.1. The van der Waals surface area contributed by atoms with Crippen molar-refractivity contribution in [2.24, 2.45) is 0 Å². The van der Waals surface area contributed by atoms with Crippen molar-refractivity contribution in [2.75, 3.05) is 11.9 Å². The molecule has 2 rings (SSSR count). The van der Waals surface area contributed by atoms with Crippen molar-refractivity contribution in [3.63, 3.8) is 0 Å². The second kappa shape index (κ2) is 7.40. The number of amides is 2. The number of rotatable bonds is 5. The second-order valence-electron chi connectivity index (χ2n) is 5.16. The third-order valence-corrected chi connectivity index (χ3v) is 3.21. The summed E-state index contributed by atoms with van der Waals surface area (Å²) in [6, 6.07) is 9.72. The predicted molar refractivity (Wildman–Crippen MR) is 88.5 cm³/mol. The van der Waals surface area contributed by atoms with Crippen LogP contribution < -0.4 is 16.2 Å². The summed E-state index contributed by atoms with van der Waals surface area (Å²) in [6.07, 6.45) is 1.64. The van der Waals surface area contributed by atoms with Crippen LogP contribution in [0, 0.1) is 6.92 Å². The van der Waals surface area contributed by atoms with Gasteiger partial charge in [-0.2, -0.15) is 0 Å². The molecule has 0 saturated carbocycles. The zero-order valence-corrected chi connectivity index (χ0v) is 13.1. The minimum Gasteiger partial charge on any atom is -0.352 e. The molecular weight excluding hydrogens is 294 g/mol. The first-order valence-electron chi connectivity index (χ1n) is 7.35. The maximum atomic E-state index is 12.0. The van der Waals surface area contributed by atoms with Crippen LogP contribution >= 0.6 is 0 Å². The molecule has 1 heterocycles. The highest BCUT2D eigenvalue weighted by Crippen LogP contribution is 2.09. The van der Waals surface area contributed by atoms with Crippen LogP contribution in [0.1, 0.15) is 22.8 Å². The normalized spacial score (nSPS) is 10.2. The molecule has 0 atom stereocenters. The lowest BCUT2D eigenvalue weighted by Crippen LogP contribution is -2.27. The molecule has 2 aromatic rings. The monoisotopic (exact) mass is 313 g/mol. The summed E-state index contributed by atoms with van der Waals surface area (Å²) >= 11 is 0. The van der Waals surface area contributed by atoms with Gasteiger partial charge in [-0.3, -0.25) is 14.4 Å². The number of carbonyl (C=O) groups is 2. The molecule has 0 bridgehead atoms. The highest BCUT2D eigenvalue weighted by Gasteiger charge is 2.07. The van der Waals surface area contributed by atoms with E-state index in [1.54, 1.807) is 36.5 Å². The van der Waals surface area contributed by atoms with Crippen molar-refractivity contribution in [1.82, 2.24) is 9.88 Å². The highest BCUT2D eigenvalue weighted by atomic mass is 16.2. The van der Waals surface area contributed by atoms with Crippen molar-refractivity contribution in [1.29, 1.82) is 0 Å². The van der Waals surface area contributed by atoms with E-state index in [-0.39, 0.29) is 23.9 Å². The summed E-state index contributed by atoms with van der Waals surface area (Å²) in [7, 11) is 0. The van der Waals surface area contributed by atoms with Crippen LogP contribution in [0.3, 0.4) is 0 Å². The summed E-state index contributed by atoms with van der Waals surface area (Å²) in [5, 5.41) is 5.41. The van der Waals surface area contributed by atoms with E-state index in [2.05, 4.69) is 10.6 Å². The molecule has 0 saturated heterocycles. The molecule has 23 heavy (non-hydrogen) atoms. The van der Waals surface area contributed by atoms with Crippen molar-refractivity contribution in [3.8, 4) is 0 Å². The number of carbonyl (C=O) groups excluding carboxylic acids is 2. The van der Waals surface area contributed by atoms with Gasteiger partial charge >= 0.3 is 0 Å². The lowest BCUT2D eigenvalue weighted by molar-refractivity contribution is -0.116. The van der Waals surface area contributed by atoms with Crippen LogP contribution in [-0.4, -0.2) is 22.9 Å². The molecule has 0 aliphatic carbocycles. The van der Waals surface area contributed by atoms with Gasteiger partial charge in [0.25, 0.3) is 11.5 Å². The van der Waals surface area contributed by atoms with Crippen LogP contribution in [0.25, 0.3) is 0 Å². The number of hydrogen-bond acceptors (Lipinski definition) is 3. The molecule has 1 aromatic carbocycles. The van der Waals surface area contributed by atoms with E-state index in [1.165, 1.54) is 10.6 Å². The van der Waals surface area contributed by atoms with Gasteiger partial charge in [0.1, 0.15) is 6.54 Å². The molecule has 1 aromatic heterocycles. The minimum atomic E-state index is -0.302. The Kier molecular flexibility index (Phi) is 5.30. The summed E-state index contributed by atoms with van der Waals surface area (Å²) in [5.41, 5.74) is 1.78. The average molecular weight is 313 g/mol. The number of hydrogen-bond donors (Lipinski definition) is 2. The Bertz CT molecular complexity index is 763. The van der Waals surface area contributed by atoms with Gasteiger partial charge in [0.05, 0.1) is 0 Å². The fraction of sp³-hybridized carbons (Fsp3) is 0.235. The molecule has 120 valence electrons. The highest BCUT2D eigenvalue weighted by molar-refractivity contribution is 5.95. The van der Waals surface area contributed by atoms with E-state index in [4.69, 9.17) is 0 Å². The Morgan fingerprint density at radius 1 is 1.09 bits per heavy atom. The molecule has 2 amide bonds. The lowest BCUT2D eigenvalue weighted by Gasteiger charge is -2.09. The topological polar surface area (TPSA) is 80.2 Å². The van der Waals surface area contributed by atoms with Crippen LogP contribution in [0.15, 0.2) is 47.4 Å². The smallest absolute Gasteiger partial charge is 0.251 e. The lowest BCUT2D eigenvalue weighted by atomic mass is 10.2. The molecule has 0 radical (unpaired) electrons. The van der Waals surface area contributed by atoms with Gasteiger partial charge in [-0.15, -0.1) is 0 Å². The number of anilines is 1. The van der Waals surface area contributed by atoms with E-state index in [0.29, 0.717) is 17.8 Å². The minimum absolute atomic E-state index is 0.0570. The van der Waals surface area contributed by atoms with E-state index >= 15 is 0 Å². The van der Waals surface area contributed by atoms with Crippen molar-refractivity contribution in [2.45, 2.75) is 20.4 Å². The number of benzene rings is 1. The Hall–Kier alpha value is -2.89. The van der Waals surface area contributed by atoms with Gasteiger partial charge in [0.15, 0.2) is 0 Å². The molecular formula is C17H19N3O3. The third kappa shape index (κ3) is 4.54. The standard InChI is InChI=1S/C17H19N3O3/c1-3-18-17(23)13-5-7-14(8-6-13)19-15(21)11-20-10-12(2)4-9-16(20)22/h4-10H,3,11H2,1-2H3,(H,18,23)(H,19,21). The molecule has 0 fully saturated rings. The Morgan fingerprint density at radius 2 is 1.78 bits per heavy atom.